The molecule has 0 fully saturated rings. The first-order chi connectivity index (χ1) is 10.7. The summed E-state index contributed by atoms with van der Waals surface area (Å²) < 4.78 is 39.8. The van der Waals surface area contributed by atoms with Crippen LogP contribution in [-0.4, -0.2) is 13.3 Å². The van der Waals surface area contributed by atoms with Crippen molar-refractivity contribution in [3.05, 3.63) is 62.1 Å². The van der Waals surface area contributed by atoms with Crippen molar-refractivity contribution >= 4 is 39.1 Å². The summed E-state index contributed by atoms with van der Waals surface area (Å²) in [6, 6.07) is 7.01. The van der Waals surface area contributed by atoms with E-state index >= 15 is 0 Å². The van der Waals surface area contributed by atoms with Gasteiger partial charge in [-0.05, 0) is 18.2 Å². The Hall–Kier alpha value is -1.90. The summed E-state index contributed by atoms with van der Waals surface area (Å²) in [6.07, 6.45) is 0. The lowest BCUT2D eigenvalue weighted by molar-refractivity contribution is -0.384. The van der Waals surface area contributed by atoms with E-state index in [-0.39, 0.29) is 28.1 Å². The molecule has 2 aromatic rings. The summed E-state index contributed by atoms with van der Waals surface area (Å²) in [5, 5.41) is 10.7. The molecule has 0 radical (unpaired) electrons. The second-order valence-corrected chi connectivity index (χ2v) is 6.51. The lowest BCUT2D eigenvalue weighted by Crippen LogP contribution is -1.99. The Labute approximate surface area is 140 Å². The van der Waals surface area contributed by atoms with Gasteiger partial charge in [0.15, 0.2) is 0 Å². The first-order valence-electron chi connectivity index (χ1n) is 5.98. The first kappa shape index (κ1) is 17.5. The second kappa shape index (κ2) is 6.69. The highest BCUT2D eigenvalue weighted by molar-refractivity contribution is 7.86. The number of hydrogen-bond acceptors (Lipinski definition) is 5. The van der Waals surface area contributed by atoms with Crippen LogP contribution in [-0.2, 0) is 16.8 Å². The highest BCUT2D eigenvalue weighted by Crippen LogP contribution is 2.30. The molecule has 0 saturated heterocycles. The number of hydrogen-bond donors (Lipinski definition) is 0. The standard InChI is InChI=1S/C13H8Cl2FNO5S/c14-11-6-10(23(16,20)21)3-1-8(11)7-22-13-4-2-9(17(18)19)5-12(13)15/h1-6H,7H2. The molecule has 122 valence electrons. The summed E-state index contributed by atoms with van der Waals surface area (Å²) in [4.78, 5) is 9.46. The average Bonchev–Trinajstić information content (AvgIpc) is 2.45. The Balaban J connectivity index is 2.17. The van der Waals surface area contributed by atoms with E-state index in [9.17, 15) is 22.4 Å². The lowest BCUT2D eigenvalue weighted by Gasteiger charge is -2.09. The third kappa shape index (κ3) is 4.31. The fraction of sp³-hybridized carbons (Fsp3) is 0.0769. The van der Waals surface area contributed by atoms with Gasteiger partial charge in [0, 0.05) is 22.7 Å². The van der Waals surface area contributed by atoms with Crippen molar-refractivity contribution in [2.75, 3.05) is 0 Å². The molecule has 0 amide bonds. The molecular weight excluding hydrogens is 372 g/mol. The molecule has 23 heavy (non-hydrogen) atoms. The van der Waals surface area contributed by atoms with Crippen LogP contribution in [0, 0.1) is 10.1 Å². The minimum Gasteiger partial charge on any atom is -0.487 e. The molecule has 2 rings (SSSR count). The Morgan fingerprint density at radius 1 is 1.13 bits per heavy atom. The highest BCUT2D eigenvalue weighted by atomic mass is 35.5. The van der Waals surface area contributed by atoms with Crippen LogP contribution < -0.4 is 4.74 Å². The molecule has 0 aromatic heterocycles. The van der Waals surface area contributed by atoms with Gasteiger partial charge in [-0.2, -0.15) is 8.42 Å². The van der Waals surface area contributed by atoms with Crippen LogP contribution in [0.5, 0.6) is 5.75 Å². The van der Waals surface area contributed by atoms with Gasteiger partial charge in [-0.15, -0.1) is 3.89 Å². The number of rotatable bonds is 5. The van der Waals surface area contributed by atoms with Crippen LogP contribution in [0.15, 0.2) is 41.3 Å². The van der Waals surface area contributed by atoms with Crippen molar-refractivity contribution in [3.63, 3.8) is 0 Å². The molecular formula is C13H8Cl2FNO5S. The van der Waals surface area contributed by atoms with Crippen LogP contribution in [0.25, 0.3) is 0 Å². The van der Waals surface area contributed by atoms with Crippen LogP contribution >= 0.6 is 23.2 Å². The number of nitro groups is 1. The van der Waals surface area contributed by atoms with Crippen molar-refractivity contribution < 1.29 is 22.0 Å². The van der Waals surface area contributed by atoms with E-state index in [0.717, 1.165) is 18.2 Å². The van der Waals surface area contributed by atoms with Crippen LogP contribution in [0.4, 0.5) is 9.57 Å². The van der Waals surface area contributed by atoms with Crippen molar-refractivity contribution in [1.82, 2.24) is 0 Å². The largest absolute Gasteiger partial charge is 0.487 e. The number of nitrogens with zero attached hydrogens (tertiary/aromatic N) is 1. The van der Waals surface area contributed by atoms with E-state index in [2.05, 4.69) is 0 Å². The SMILES string of the molecule is O=[N+]([O-])c1ccc(OCc2ccc(S(=O)(=O)F)cc2Cl)c(Cl)c1. The number of nitro benzene ring substituents is 1. The third-order valence-electron chi connectivity index (χ3n) is 2.82. The van der Waals surface area contributed by atoms with Crippen molar-refractivity contribution in [1.29, 1.82) is 0 Å². The monoisotopic (exact) mass is 379 g/mol. The maximum Gasteiger partial charge on any atom is 0.332 e. The number of non-ortho nitro benzene ring substituents is 1. The van der Waals surface area contributed by atoms with E-state index in [1.165, 1.54) is 18.2 Å². The summed E-state index contributed by atoms with van der Waals surface area (Å²) in [7, 11) is -4.84. The van der Waals surface area contributed by atoms with Crippen molar-refractivity contribution in [2.24, 2.45) is 0 Å². The topological polar surface area (TPSA) is 86.5 Å². The Bertz CT molecular complexity index is 873. The van der Waals surface area contributed by atoms with E-state index in [1.807, 2.05) is 0 Å². The normalized spacial score (nSPS) is 11.3. The Morgan fingerprint density at radius 2 is 1.83 bits per heavy atom. The zero-order valence-corrected chi connectivity index (χ0v) is 13.5. The molecule has 0 aliphatic rings. The van der Waals surface area contributed by atoms with Crippen LogP contribution in [0.1, 0.15) is 5.56 Å². The van der Waals surface area contributed by atoms with Gasteiger partial charge >= 0.3 is 10.2 Å². The molecule has 0 heterocycles. The molecule has 0 spiro atoms. The van der Waals surface area contributed by atoms with Crippen molar-refractivity contribution in [2.45, 2.75) is 11.5 Å². The summed E-state index contributed by atoms with van der Waals surface area (Å²) >= 11 is 11.7. The summed E-state index contributed by atoms with van der Waals surface area (Å²) in [5.41, 5.74) is 0.214. The zero-order chi connectivity index (χ0) is 17.2. The maximum atomic E-state index is 12.8. The van der Waals surface area contributed by atoms with Gasteiger partial charge in [-0.3, -0.25) is 10.1 Å². The summed E-state index contributed by atoms with van der Waals surface area (Å²) in [6.45, 7) is -0.0804. The number of benzene rings is 2. The zero-order valence-electron chi connectivity index (χ0n) is 11.2. The molecule has 0 atom stereocenters. The molecule has 0 aliphatic carbocycles. The van der Waals surface area contributed by atoms with Gasteiger partial charge in [0.2, 0.25) is 0 Å². The van der Waals surface area contributed by atoms with E-state index in [0.29, 0.717) is 5.56 Å². The van der Waals surface area contributed by atoms with Gasteiger partial charge < -0.3 is 4.74 Å². The molecule has 10 heteroatoms. The summed E-state index contributed by atoms with van der Waals surface area (Å²) in [5.74, 6) is 0.190. The Morgan fingerprint density at radius 3 is 2.35 bits per heavy atom. The van der Waals surface area contributed by atoms with Gasteiger partial charge in [-0.25, -0.2) is 0 Å². The molecule has 0 saturated carbocycles. The molecule has 6 nitrogen and oxygen atoms in total. The minimum absolute atomic E-state index is 0.00163. The lowest BCUT2D eigenvalue weighted by atomic mass is 10.2. The third-order valence-corrected chi connectivity index (χ3v) is 4.28. The van der Waals surface area contributed by atoms with Gasteiger partial charge in [0.1, 0.15) is 12.4 Å². The quantitative estimate of drug-likeness (QED) is 0.442. The molecule has 0 aliphatic heterocycles. The van der Waals surface area contributed by atoms with E-state index in [4.69, 9.17) is 27.9 Å². The maximum absolute atomic E-state index is 12.8. The van der Waals surface area contributed by atoms with Crippen LogP contribution in [0.3, 0.4) is 0 Å². The molecule has 0 unspecified atom stereocenters. The van der Waals surface area contributed by atoms with E-state index in [1.54, 1.807) is 0 Å². The van der Waals surface area contributed by atoms with Crippen LogP contribution in [0.2, 0.25) is 10.0 Å². The average molecular weight is 380 g/mol. The van der Waals surface area contributed by atoms with E-state index < -0.39 is 20.0 Å². The predicted molar refractivity (Wildman–Crippen MR) is 82.2 cm³/mol. The predicted octanol–water partition coefficient (Wildman–Crippen LogP) is 4.14. The number of ether oxygens (including phenoxy) is 1. The minimum atomic E-state index is -4.84. The smallest absolute Gasteiger partial charge is 0.332 e. The fourth-order valence-corrected chi connectivity index (χ4v) is 2.69. The van der Waals surface area contributed by atoms with Gasteiger partial charge in [-0.1, -0.05) is 29.3 Å². The highest BCUT2D eigenvalue weighted by Gasteiger charge is 2.15. The van der Waals surface area contributed by atoms with Gasteiger partial charge in [0.25, 0.3) is 5.69 Å². The molecule has 0 N–H and O–H groups in total. The second-order valence-electron chi connectivity index (χ2n) is 4.35. The Kier molecular flexibility index (Phi) is 5.08. The molecule has 0 bridgehead atoms. The first-order valence-corrected chi connectivity index (χ1v) is 8.12. The van der Waals surface area contributed by atoms with Gasteiger partial charge in [0.05, 0.1) is 14.8 Å². The van der Waals surface area contributed by atoms with Crippen molar-refractivity contribution in [3.8, 4) is 5.75 Å². The number of halogens is 3. The molecule has 2 aromatic carbocycles. The fourth-order valence-electron chi connectivity index (χ4n) is 1.67.